The average Bonchev–Trinajstić information content (AvgIpc) is 3.24. The molecule has 1 saturated heterocycles. The molecule has 0 spiro atoms. The largest absolute Gasteiger partial charge is 0.376 e. The van der Waals surface area contributed by atoms with E-state index >= 15 is 0 Å². The van der Waals surface area contributed by atoms with E-state index in [4.69, 9.17) is 4.74 Å². The van der Waals surface area contributed by atoms with E-state index < -0.39 is 0 Å². The second-order valence-electron chi connectivity index (χ2n) is 6.70. The van der Waals surface area contributed by atoms with Gasteiger partial charge in [0.15, 0.2) is 0 Å². The minimum atomic E-state index is -0.0536. The van der Waals surface area contributed by atoms with Gasteiger partial charge in [0.25, 0.3) is 5.91 Å². The summed E-state index contributed by atoms with van der Waals surface area (Å²) in [4.78, 5) is 12.3. The first-order valence-corrected chi connectivity index (χ1v) is 9.15. The number of ether oxygens (including phenoxy) is 1. The first-order valence-electron chi connectivity index (χ1n) is 9.15. The summed E-state index contributed by atoms with van der Waals surface area (Å²) in [6.07, 6.45) is 4.42. The molecule has 0 radical (unpaired) electrons. The predicted octanol–water partition coefficient (Wildman–Crippen LogP) is 3.35. The summed E-state index contributed by atoms with van der Waals surface area (Å²) in [6.45, 7) is 7.73. The molecule has 1 aromatic carbocycles. The number of nitrogens with zero attached hydrogens (tertiary/aromatic N) is 2. The zero-order chi connectivity index (χ0) is 17.8. The Bertz CT molecular complexity index is 728. The summed E-state index contributed by atoms with van der Waals surface area (Å²) < 4.78 is 7.50. The van der Waals surface area contributed by atoms with Gasteiger partial charge in [-0.15, -0.1) is 0 Å². The highest BCUT2D eigenvalue weighted by Gasteiger charge is 2.17. The summed E-state index contributed by atoms with van der Waals surface area (Å²) in [6, 6.07) is 7.62. The molecular formula is C20H27N3O2. The van der Waals surface area contributed by atoms with Gasteiger partial charge in [-0.25, -0.2) is 4.68 Å². The minimum absolute atomic E-state index is 0.0536. The van der Waals surface area contributed by atoms with Crippen LogP contribution < -0.4 is 5.32 Å². The van der Waals surface area contributed by atoms with Crippen LogP contribution in [0.5, 0.6) is 0 Å². The first kappa shape index (κ1) is 17.7. The van der Waals surface area contributed by atoms with Crippen molar-refractivity contribution in [2.24, 2.45) is 0 Å². The summed E-state index contributed by atoms with van der Waals surface area (Å²) in [5.74, 6) is -0.0536. The molecule has 25 heavy (non-hydrogen) atoms. The molecule has 1 aromatic heterocycles. The first-order chi connectivity index (χ1) is 12.1. The fourth-order valence-corrected chi connectivity index (χ4v) is 3.41. The van der Waals surface area contributed by atoms with Crippen LogP contribution in [0.3, 0.4) is 0 Å². The number of hydrogen-bond donors (Lipinski definition) is 1. The van der Waals surface area contributed by atoms with Crippen LogP contribution in [0.2, 0.25) is 0 Å². The number of hydrogen-bond acceptors (Lipinski definition) is 3. The molecule has 2 aromatic rings. The van der Waals surface area contributed by atoms with Gasteiger partial charge in [0.1, 0.15) is 0 Å². The van der Waals surface area contributed by atoms with Gasteiger partial charge in [-0.3, -0.25) is 4.79 Å². The Hall–Kier alpha value is -2.14. The van der Waals surface area contributed by atoms with E-state index in [2.05, 4.69) is 31.2 Å². The quantitative estimate of drug-likeness (QED) is 0.876. The summed E-state index contributed by atoms with van der Waals surface area (Å²) in [7, 11) is 0. The maximum atomic E-state index is 12.3. The molecule has 1 fully saturated rings. The molecule has 1 amide bonds. The third-order valence-corrected chi connectivity index (χ3v) is 4.83. The number of benzene rings is 1. The van der Waals surface area contributed by atoms with Crippen LogP contribution in [0.15, 0.2) is 24.3 Å². The van der Waals surface area contributed by atoms with Crippen molar-refractivity contribution in [1.29, 1.82) is 0 Å². The van der Waals surface area contributed by atoms with Gasteiger partial charge in [0, 0.05) is 24.4 Å². The summed E-state index contributed by atoms with van der Waals surface area (Å²) in [5.41, 5.74) is 5.23. The summed E-state index contributed by atoms with van der Waals surface area (Å²) in [5, 5.41) is 7.62. The van der Waals surface area contributed by atoms with Crippen molar-refractivity contribution in [3.8, 4) is 5.69 Å². The van der Waals surface area contributed by atoms with Gasteiger partial charge in [-0.2, -0.15) is 5.10 Å². The fourth-order valence-electron chi connectivity index (χ4n) is 3.41. The Labute approximate surface area is 149 Å². The van der Waals surface area contributed by atoms with Crippen LogP contribution in [-0.4, -0.2) is 34.9 Å². The molecule has 0 aliphatic carbocycles. The minimum Gasteiger partial charge on any atom is -0.376 e. The molecule has 5 heteroatoms. The van der Waals surface area contributed by atoms with Crippen molar-refractivity contribution in [2.75, 3.05) is 13.2 Å². The lowest BCUT2D eigenvalue weighted by atomic mass is 10.1. The highest BCUT2D eigenvalue weighted by Crippen LogP contribution is 2.20. The van der Waals surface area contributed by atoms with E-state index in [0.29, 0.717) is 12.1 Å². The number of carbonyl (C=O) groups is 1. The Balaban J connectivity index is 1.69. The van der Waals surface area contributed by atoms with E-state index in [0.717, 1.165) is 43.7 Å². The number of amides is 1. The number of rotatable bonds is 6. The third kappa shape index (κ3) is 3.93. The number of aromatic nitrogens is 2. The second-order valence-corrected chi connectivity index (χ2v) is 6.70. The topological polar surface area (TPSA) is 56.2 Å². The fraction of sp³-hybridized carbons (Fsp3) is 0.500. The SMILES string of the molecule is CCCc1c(C)nn(-c2ccc(C(=O)NC[C@@H]3CCCO3)cc2)c1C. The zero-order valence-corrected chi connectivity index (χ0v) is 15.3. The van der Waals surface area contributed by atoms with Gasteiger partial charge >= 0.3 is 0 Å². The second kappa shape index (κ2) is 7.83. The van der Waals surface area contributed by atoms with Crippen molar-refractivity contribution in [3.63, 3.8) is 0 Å². The smallest absolute Gasteiger partial charge is 0.251 e. The van der Waals surface area contributed by atoms with Crippen molar-refractivity contribution in [2.45, 2.75) is 52.6 Å². The molecule has 1 aliphatic heterocycles. The summed E-state index contributed by atoms with van der Waals surface area (Å²) >= 11 is 0. The molecular weight excluding hydrogens is 314 g/mol. The normalized spacial score (nSPS) is 17.0. The van der Waals surface area contributed by atoms with Crippen LogP contribution >= 0.6 is 0 Å². The molecule has 134 valence electrons. The predicted molar refractivity (Wildman–Crippen MR) is 98.3 cm³/mol. The van der Waals surface area contributed by atoms with Gasteiger partial charge < -0.3 is 10.1 Å². The molecule has 0 saturated carbocycles. The van der Waals surface area contributed by atoms with Crippen LogP contribution in [0.4, 0.5) is 0 Å². The monoisotopic (exact) mass is 341 g/mol. The highest BCUT2D eigenvalue weighted by molar-refractivity contribution is 5.94. The third-order valence-electron chi connectivity index (χ3n) is 4.83. The molecule has 0 bridgehead atoms. The van der Waals surface area contributed by atoms with Crippen LogP contribution in [0, 0.1) is 13.8 Å². The van der Waals surface area contributed by atoms with E-state index in [1.165, 1.54) is 11.3 Å². The molecule has 2 heterocycles. The van der Waals surface area contributed by atoms with Crippen molar-refractivity contribution >= 4 is 5.91 Å². The lowest BCUT2D eigenvalue weighted by Gasteiger charge is -2.11. The highest BCUT2D eigenvalue weighted by atomic mass is 16.5. The van der Waals surface area contributed by atoms with Gasteiger partial charge in [0.05, 0.1) is 17.5 Å². The van der Waals surface area contributed by atoms with Gasteiger partial charge in [-0.05, 0) is 62.9 Å². The van der Waals surface area contributed by atoms with Crippen LogP contribution in [-0.2, 0) is 11.2 Å². The van der Waals surface area contributed by atoms with E-state index in [9.17, 15) is 4.79 Å². The molecule has 3 rings (SSSR count). The lowest BCUT2D eigenvalue weighted by Crippen LogP contribution is -2.31. The zero-order valence-electron chi connectivity index (χ0n) is 15.3. The van der Waals surface area contributed by atoms with Crippen molar-refractivity contribution < 1.29 is 9.53 Å². The van der Waals surface area contributed by atoms with Crippen LogP contribution in [0.1, 0.15) is 53.5 Å². The maximum Gasteiger partial charge on any atom is 0.251 e. The molecule has 1 atom stereocenters. The van der Waals surface area contributed by atoms with E-state index in [-0.39, 0.29) is 12.0 Å². The van der Waals surface area contributed by atoms with Gasteiger partial charge in [0.2, 0.25) is 0 Å². The lowest BCUT2D eigenvalue weighted by molar-refractivity contribution is 0.0858. The number of nitrogens with one attached hydrogen (secondary N) is 1. The Morgan fingerprint density at radius 1 is 1.32 bits per heavy atom. The number of carbonyl (C=O) groups excluding carboxylic acids is 1. The average molecular weight is 341 g/mol. The number of aryl methyl sites for hydroxylation is 1. The maximum absolute atomic E-state index is 12.3. The van der Waals surface area contributed by atoms with Crippen LogP contribution in [0.25, 0.3) is 5.69 Å². The molecule has 1 N–H and O–H groups in total. The Morgan fingerprint density at radius 3 is 2.72 bits per heavy atom. The van der Waals surface area contributed by atoms with E-state index in [1.54, 1.807) is 0 Å². The molecule has 5 nitrogen and oxygen atoms in total. The van der Waals surface area contributed by atoms with Crippen molar-refractivity contribution in [3.05, 3.63) is 46.8 Å². The molecule has 1 aliphatic rings. The Morgan fingerprint density at radius 2 is 2.08 bits per heavy atom. The van der Waals surface area contributed by atoms with Gasteiger partial charge in [-0.1, -0.05) is 13.3 Å². The Kier molecular flexibility index (Phi) is 5.53. The van der Waals surface area contributed by atoms with E-state index in [1.807, 2.05) is 28.9 Å². The molecule has 0 unspecified atom stereocenters. The van der Waals surface area contributed by atoms with Crippen molar-refractivity contribution in [1.82, 2.24) is 15.1 Å². The standard InChI is InChI=1S/C20H27N3O2/c1-4-6-19-14(2)22-23(15(19)3)17-10-8-16(9-11-17)20(24)21-13-18-7-5-12-25-18/h8-11,18H,4-7,12-13H2,1-3H3,(H,21,24)/t18-/m0/s1.